The lowest BCUT2D eigenvalue weighted by atomic mass is 9.99. The van der Waals surface area contributed by atoms with E-state index in [1.807, 2.05) is 28.8 Å². The highest BCUT2D eigenvalue weighted by Gasteiger charge is 2.15. The number of nitrogens with zero attached hydrogens (tertiary/aromatic N) is 4. The van der Waals surface area contributed by atoms with Crippen molar-refractivity contribution in [3.05, 3.63) is 67.0 Å². The molecule has 3 aromatic rings. The van der Waals surface area contributed by atoms with Gasteiger partial charge in [0.2, 0.25) is 5.91 Å². The van der Waals surface area contributed by atoms with E-state index in [9.17, 15) is 4.79 Å². The van der Waals surface area contributed by atoms with Crippen LogP contribution in [0.2, 0.25) is 0 Å². The Morgan fingerprint density at radius 3 is 2.59 bits per heavy atom. The minimum absolute atomic E-state index is 0.0788. The van der Waals surface area contributed by atoms with Crippen LogP contribution in [-0.2, 0) is 11.3 Å². The van der Waals surface area contributed by atoms with Crippen LogP contribution >= 0.6 is 11.8 Å². The van der Waals surface area contributed by atoms with Crippen molar-refractivity contribution in [1.82, 2.24) is 19.7 Å². The lowest BCUT2D eigenvalue weighted by Crippen LogP contribution is -2.14. The van der Waals surface area contributed by atoms with Gasteiger partial charge in [-0.2, -0.15) is 0 Å². The quantitative estimate of drug-likeness (QED) is 0.409. The van der Waals surface area contributed by atoms with Crippen molar-refractivity contribution in [2.75, 3.05) is 11.1 Å². The van der Waals surface area contributed by atoms with Gasteiger partial charge in [-0.3, -0.25) is 14.3 Å². The van der Waals surface area contributed by atoms with Crippen LogP contribution in [0.3, 0.4) is 0 Å². The third-order valence-electron chi connectivity index (χ3n) is 4.68. The van der Waals surface area contributed by atoms with Crippen LogP contribution in [0.25, 0.3) is 11.4 Å². The third kappa shape index (κ3) is 5.32. The maximum atomic E-state index is 12.4. The molecule has 3 rings (SSSR count). The molecule has 2 heterocycles. The van der Waals surface area contributed by atoms with Crippen molar-refractivity contribution in [2.24, 2.45) is 0 Å². The van der Waals surface area contributed by atoms with E-state index in [2.05, 4.69) is 53.1 Å². The number of carbonyl (C=O) groups excluding carboxylic acids is 1. The topological polar surface area (TPSA) is 72.7 Å². The Bertz CT molecular complexity index is 953. The zero-order valence-corrected chi connectivity index (χ0v) is 17.5. The smallest absolute Gasteiger partial charge is 0.234 e. The molecule has 2 aromatic heterocycles. The molecule has 0 saturated carbocycles. The Morgan fingerprint density at radius 2 is 1.93 bits per heavy atom. The highest BCUT2D eigenvalue weighted by molar-refractivity contribution is 7.99. The molecule has 0 fully saturated rings. The summed E-state index contributed by atoms with van der Waals surface area (Å²) in [6.45, 7) is 8.74. The summed E-state index contributed by atoms with van der Waals surface area (Å²) in [5.74, 6) is 1.42. The minimum atomic E-state index is -0.0788. The first-order valence-corrected chi connectivity index (χ1v) is 10.6. The largest absolute Gasteiger partial charge is 0.325 e. The van der Waals surface area contributed by atoms with E-state index in [0.717, 1.165) is 23.5 Å². The molecule has 1 N–H and O–H groups in total. The second-order valence-corrected chi connectivity index (χ2v) is 7.65. The van der Waals surface area contributed by atoms with Gasteiger partial charge in [-0.05, 0) is 42.2 Å². The number of hydrogen-bond donors (Lipinski definition) is 1. The fourth-order valence-corrected chi connectivity index (χ4v) is 3.61. The van der Waals surface area contributed by atoms with Crippen LogP contribution in [0.15, 0.2) is 66.6 Å². The summed E-state index contributed by atoms with van der Waals surface area (Å²) in [5, 5.41) is 12.2. The zero-order valence-electron chi connectivity index (χ0n) is 16.7. The number of carbonyl (C=O) groups is 1. The number of hydrogen-bond acceptors (Lipinski definition) is 5. The van der Waals surface area contributed by atoms with E-state index in [0.29, 0.717) is 17.6 Å². The van der Waals surface area contributed by atoms with Crippen LogP contribution in [-0.4, -0.2) is 31.4 Å². The summed E-state index contributed by atoms with van der Waals surface area (Å²) in [5.41, 5.74) is 3.00. The van der Waals surface area contributed by atoms with Crippen LogP contribution in [0, 0.1) is 0 Å². The summed E-state index contributed by atoms with van der Waals surface area (Å²) in [4.78, 5) is 16.4. The molecule has 0 aliphatic rings. The van der Waals surface area contributed by atoms with E-state index in [-0.39, 0.29) is 11.7 Å². The number of nitrogens with one attached hydrogen (secondary N) is 1. The van der Waals surface area contributed by atoms with Gasteiger partial charge in [-0.15, -0.1) is 16.8 Å². The fraction of sp³-hybridized carbons (Fsp3) is 0.273. The van der Waals surface area contributed by atoms with Crippen molar-refractivity contribution in [2.45, 2.75) is 37.9 Å². The molecule has 0 saturated heterocycles. The monoisotopic (exact) mass is 407 g/mol. The van der Waals surface area contributed by atoms with Crippen LogP contribution in [0.4, 0.5) is 5.69 Å². The molecular formula is C22H25N5OS. The minimum Gasteiger partial charge on any atom is -0.325 e. The van der Waals surface area contributed by atoms with Crippen molar-refractivity contribution >= 4 is 23.4 Å². The van der Waals surface area contributed by atoms with E-state index in [1.165, 1.54) is 17.3 Å². The van der Waals surface area contributed by atoms with Gasteiger partial charge in [0.15, 0.2) is 11.0 Å². The van der Waals surface area contributed by atoms with Gasteiger partial charge in [0.1, 0.15) is 0 Å². The van der Waals surface area contributed by atoms with Crippen molar-refractivity contribution in [1.29, 1.82) is 0 Å². The van der Waals surface area contributed by atoms with Crippen LogP contribution < -0.4 is 5.32 Å². The Kier molecular flexibility index (Phi) is 7.19. The number of anilines is 1. The zero-order chi connectivity index (χ0) is 20.6. The van der Waals surface area contributed by atoms with Crippen LogP contribution in [0.1, 0.15) is 31.7 Å². The van der Waals surface area contributed by atoms with Gasteiger partial charge in [-0.1, -0.05) is 43.8 Å². The fourth-order valence-electron chi connectivity index (χ4n) is 2.86. The second-order valence-electron chi connectivity index (χ2n) is 6.71. The predicted octanol–water partition coefficient (Wildman–Crippen LogP) is 4.77. The highest BCUT2D eigenvalue weighted by atomic mass is 32.2. The molecule has 0 aliphatic heterocycles. The Morgan fingerprint density at radius 1 is 1.21 bits per heavy atom. The third-order valence-corrected chi connectivity index (χ3v) is 5.64. The first kappa shape index (κ1) is 20.8. The molecule has 150 valence electrons. The Labute approximate surface area is 175 Å². The molecule has 29 heavy (non-hydrogen) atoms. The van der Waals surface area contributed by atoms with Crippen molar-refractivity contribution in [3.63, 3.8) is 0 Å². The van der Waals surface area contributed by atoms with E-state index < -0.39 is 0 Å². The second kappa shape index (κ2) is 10.0. The standard InChI is InChI=1S/C22H25N5OS/c1-4-14-27-21(18-10-12-23-13-11-18)25-26-22(27)29-15-20(28)24-19-8-6-17(7-9-19)16(3)5-2/h4,6-13,16H,1,5,14-15H2,2-3H3,(H,24,28)/t16-/m0/s1. The molecule has 1 aromatic carbocycles. The molecule has 0 radical (unpaired) electrons. The van der Waals surface area contributed by atoms with Gasteiger partial charge >= 0.3 is 0 Å². The number of aromatic nitrogens is 4. The molecule has 0 spiro atoms. The lowest BCUT2D eigenvalue weighted by Gasteiger charge is -2.11. The Hall–Kier alpha value is -2.93. The van der Waals surface area contributed by atoms with Gasteiger partial charge in [-0.25, -0.2) is 0 Å². The van der Waals surface area contributed by atoms with Crippen molar-refractivity contribution < 1.29 is 4.79 Å². The molecule has 0 aliphatic carbocycles. The molecular weight excluding hydrogens is 382 g/mol. The first-order chi connectivity index (χ1) is 14.1. The van der Waals surface area contributed by atoms with E-state index in [4.69, 9.17) is 0 Å². The molecule has 1 atom stereocenters. The van der Waals surface area contributed by atoms with Crippen molar-refractivity contribution in [3.8, 4) is 11.4 Å². The lowest BCUT2D eigenvalue weighted by molar-refractivity contribution is -0.113. The molecule has 7 heteroatoms. The summed E-state index contributed by atoms with van der Waals surface area (Å²) in [7, 11) is 0. The molecule has 0 unspecified atom stereocenters. The maximum absolute atomic E-state index is 12.4. The van der Waals surface area contributed by atoms with E-state index >= 15 is 0 Å². The average molecular weight is 408 g/mol. The average Bonchev–Trinajstić information content (AvgIpc) is 3.16. The number of pyridine rings is 1. The summed E-state index contributed by atoms with van der Waals surface area (Å²) in [6.07, 6.45) is 6.32. The first-order valence-electron chi connectivity index (χ1n) is 9.59. The number of allylic oxidation sites excluding steroid dienone is 1. The predicted molar refractivity (Wildman–Crippen MR) is 118 cm³/mol. The normalized spacial score (nSPS) is 11.8. The Balaban J connectivity index is 1.64. The number of thioether (sulfide) groups is 1. The highest BCUT2D eigenvalue weighted by Crippen LogP contribution is 2.24. The van der Waals surface area contributed by atoms with Gasteiger partial charge in [0.05, 0.1) is 5.75 Å². The summed E-state index contributed by atoms with van der Waals surface area (Å²) >= 11 is 1.36. The number of rotatable bonds is 9. The maximum Gasteiger partial charge on any atom is 0.234 e. The van der Waals surface area contributed by atoms with Gasteiger partial charge in [0.25, 0.3) is 0 Å². The van der Waals surface area contributed by atoms with Crippen LogP contribution in [0.5, 0.6) is 0 Å². The summed E-state index contributed by atoms with van der Waals surface area (Å²) in [6, 6.07) is 11.8. The number of amides is 1. The van der Waals surface area contributed by atoms with Gasteiger partial charge < -0.3 is 5.32 Å². The van der Waals surface area contributed by atoms with E-state index in [1.54, 1.807) is 18.5 Å². The molecule has 6 nitrogen and oxygen atoms in total. The number of benzene rings is 1. The van der Waals surface area contributed by atoms with Gasteiger partial charge in [0, 0.05) is 30.2 Å². The SMILES string of the molecule is C=CCn1c(SCC(=O)Nc2ccc([C@@H](C)CC)cc2)nnc1-c1ccncc1. The molecule has 0 bridgehead atoms. The summed E-state index contributed by atoms with van der Waals surface area (Å²) < 4.78 is 1.95. The molecule has 1 amide bonds.